The fourth-order valence-corrected chi connectivity index (χ4v) is 4.31. The van der Waals surface area contributed by atoms with Crippen molar-refractivity contribution in [3.63, 3.8) is 0 Å². The molecule has 6 heteroatoms. The van der Waals surface area contributed by atoms with Gasteiger partial charge in [-0.25, -0.2) is 8.78 Å². The molecule has 2 aromatic rings. The number of carbonyl (C=O) groups excluding carboxylic acids is 1. The highest BCUT2D eigenvalue weighted by atomic mass is 19.1. The van der Waals surface area contributed by atoms with E-state index in [1.807, 2.05) is 45.9 Å². The number of alkyl halides is 1. The lowest BCUT2D eigenvalue weighted by molar-refractivity contribution is -0.135. The van der Waals surface area contributed by atoms with Gasteiger partial charge in [0.15, 0.2) is 5.67 Å². The van der Waals surface area contributed by atoms with Crippen LogP contribution in [-0.4, -0.2) is 25.7 Å². The predicted molar refractivity (Wildman–Crippen MR) is 119 cm³/mol. The highest BCUT2D eigenvalue weighted by molar-refractivity contribution is 5.93. The maximum atomic E-state index is 15.6. The van der Waals surface area contributed by atoms with Gasteiger partial charge >= 0.3 is 0 Å². The Bertz CT molecular complexity index is 1010. The highest BCUT2D eigenvalue weighted by Gasteiger charge is 2.43. The molecule has 0 radical (unpaired) electrons. The third kappa shape index (κ3) is 4.59. The first kappa shape index (κ1) is 21.8. The van der Waals surface area contributed by atoms with Gasteiger partial charge < -0.3 is 15.0 Å². The summed E-state index contributed by atoms with van der Waals surface area (Å²) >= 11 is 0. The van der Waals surface area contributed by atoms with E-state index in [4.69, 9.17) is 4.74 Å². The molecule has 0 atom stereocenters. The second kappa shape index (κ2) is 7.90. The van der Waals surface area contributed by atoms with Crippen molar-refractivity contribution in [2.24, 2.45) is 5.41 Å². The Hall–Kier alpha value is -2.47. The number of ether oxygens (including phenoxy) is 1. The molecule has 0 saturated carbocycles. The van der Waals surface area contributed by atoms with Gasteiger partial charge in [0, 0.05) is 30.8 Å². The molecule has 1 saturated heterocycles. The van der Waals surface area contributed by atoms with Gasteiger partial charge in [-0.3, -0.25) is 4.79 Å². The average Bonchev–Trinajstić information content (AvgIpc) is 2.65. The summed E-state index contributed by atoms with van der Waals surface area (Å²) in [4.78, 5) is 14.8. The minimum absolute atomic E-state index is 0.0137. The summed E-state index contributed by atoms with van der Waals surface area (Å²) in [6, 6.07) is 8.74. The van der Waals surface area contributed by atoms with Gasteiger partial charge in [0.05, 0.1) is 18.9 Å². The molecular weight excluding hydrogens is 398 g/mol. The smallest absolute Gasteiger partial charge is 0.224 e. The molecule has 0 bridgehead atoms. The molecule has 4 rings (SSSR count). The van der Waals surface area contributed by atoms with Crippen molar-refractivity contribution in [3.05, 3.63) is 58.4 Å². The molecule has 0 unspecified atom stereocenters. The zero-order valence-corrected chi connectivity index (χ0v) is 18.6. The Balaban J connectivity index is 1.66. The number of benzene rings is 2. The maximum Gasteiger partial charge on any atom is 0.224 e. The van der Waals surface area contributed by atoms with Crippen molar-refractivity contribution in [1.29, 1.82) is 0 Å². The molecule has 0 spiro atoms. The molecule has 0 aliphatic carbocycles. The van der Waals surface area contributed by atoms with Gasteiger partial charge in [-0.15, -0.1) is 0 Å². The quantitative estimate of drug-likeness (QED) is 0.722. The van der Waals surface area contributed by atoms with Crippen molar-refractivity contribution >= 4 is 17.3 Å². The van der Waals surface area contributed by atoms with Gasteiger partial charge in [0.25, 0.3) is 0 Å². The van der Waals surface area contributed by atoms with E-state index < -0.39 is 5.67 Å². The van der Waals surface area contributed by atoms with E-state index in [0.29, 0.717) is 24.2 Å². The molecular formula is C25H30F2N2O2. The molecule has 4 nitrogen and oxygen atoms in total. The van der Waals surface area contributed by atoms with Crippen LogP contribution in [0.25, 0.3) is 0 Å². The van der Waals surface area contributed by atoms with Crippen LogP contribution in [-0.2, 0) is 28.2 Å². The van der Waals surface area contributed by atoms with E-state index in [0.717, 1.165) is 35.3 Å². The number of amides is 1. The Labute approximate surface area is 182 Å². The molecule has 31 heavy (non-hydrogen) atoms. The molecule has 1 fully saturated rings. The fraction of sp³-hybridized carbons (Fsp3) is 0.480. The summed E-state index contributed by atoms with van der Waals surface area (Å²) < 4.78 is 34.3. The lowest BCUT2D eigenvalue weighted by Gasteiger charge is -2.38. The third-order valence-corrected chi connectivity index (χ3v) is 5.97. The standard InChI is InChI=1S/C25H30F2N2O2/c1-16-9-20(29-8-7-17-10-19(26)6-5-18(17)13-29)11-21(25(27)14-31-15-25)23(16)28-22(30)12-24(2,3)4/h5-6,9-11H,7-8,12-15H2,1-4H3,(H,28,30). The second-order valence-corrected chi connectivity index (χ2v) is 10.0. The maximum absolute atomic E-state index is 15.6. The Morgan fingerprint density at radius 3 is 2.58 bits per heavy atom. The van der Waals surface area contributed by atoms with Gasteiger partial charge in [-0.2, -0.15) is 0 Å². The molecule has 2 heterocycles. The summed E-state index contributed by atoms with van der Waals surface area (Å²) in [5.41, 5.74) is 3.08. The van der Waals surface area contributed by atoms with E-state index in [2.05, 4.69) is 10.2 Å². The van der Waals surface area contributed by atoms with Gasteiger partial charge in [-0.05, 0) is 59.7 Å². The number of hydrogen-bond acceptors (Lipinski definition) is 3. The van der Waals surface area contributed by atoms with Crippen LogP contribution in [0.1, 0.15) is 49.4 Å². The molecule has 1 N–H and O–H groups in total. The fourth-order valence-electron chi connectivity index (χ4n) is 4.31. The molecule has 166 valence electrons. The summed E-state index contributed by atoms with van der Waals surface area (Å²) in [5.74, 6) is -0.340. The van der Waals surface area contributed by atoms with E-state index >= 15 is 4.39 Å². The molecule has 2 aliphatic rings. The topological polar surface area (TPSA) is 41.6 Å². The largest absolute Gasteiger partial charge is 0.374 e. The molecule has 2 aromatic carbocycles. The predicted octanol–water partition coefficient (Wildman–Crippen LogP) is 5.27. The first-order chi connectivity index (χ1) is 14.5. The monoisotopic (exact) mass is 428 g/mol. The van der Waals surface area contributed by atoms with E-state index in [1.165, 1.54) is 6.07 Å². The number of nitrogens with zero attached hydrogens (tertiary/aromatic N) is 1. The third-order valence-electron chi connectivity index (χ3n) is 5.97. The summed E-state index contributed by atoms with van der Waals surface area (Å²) in [5, 5.41) is 2.97. The van der Waals surface area contributed by atoms with Gasteiger partial charge in [0.1, 0.15) is 5.82 Å². The zero-order chi connectivity index (χ0) is 22.4. The van der Waals surface area contributed by atoms with Gasteiger partial charge in [0.2, 0.25) is 5.91 Å². The van der Waals surface area contributed by atoms with E-state index in [1.54, 1.807) is 6.07 Å². The van der Waals surface area contributed by atoms with E-state index in [-0.39, 0.29) is 30.4 Å². The van der Waals surface area contributed by atoms with Crippen molar-refractivity contribution in [2.75, 3.05) is 30.0 Å². The molecule has 0 aromatic heterocycles. The van der Waals surface area contributed by atoms with Gasteiger partial charge in [-0.1, -0.05) is 26.8 Å². The van der Waals surface area contributed by atoms with Crippen LogP contribution in [0.3, 0.4) is 0 Å². The first-order valence-electron chi connectivity index (χ1n) is 10.8. The van der Waals surface area contributed by atoms with Crippen LogP contribution >= 0.6 is 0 Å². The first-order valence-corrected chi connectivity index (χ1v) is 10.8. The number of anilines is 2. The number of hydrogen-bond donors (Lipinski definition) is 1. The minimum Gasteiger partial charge on any atom is -0.374 e. The van der Waals surface area contributed by atoms with Crippen LogP contribution in [0, 0.1) is 18.2 Å². The van der Waals surface area contributed by atoms with Crippen molar-refractivity contribution in [3.8, 4) is 0 Å². The number of fused-ring (bicyclic) bond motifs is 1. The number of halogens is 2. The average molecular weight is 429 g/mol. The second-order valence-electron chi connectivity index (χ2n) is 10.0. The number of rotatable bonds is 4. The van der Waals surface area contributed by atoms with Crippen LogP contribution in [0.4, 0.5) is 20.2 Å². The normalized spacial score (nSPS) is 17.7. The van der Waals surface area contributed by atoms with Crippen molar-refractivity contribution in [1.82, 2.24) is 0 Å². The Morgan fingerprint density at radius 1 is 1.19 bits per heavy atom. The number of carbonyl (C=O) groups is 1. The lowest BCUT2D eigenvalue weighted by Crippen LogP contribution is -2.43. The summed E-state index contributed by atoms with van der Waals surface area (Å²) in [6.45, 7) is 9.23. The SMILES string of the molecule is Cc1cc(N2CCc3cc(F)ccc3C2)cc(C2(F)COC2)c1NC(=O)CC(C)(C)C. The van der Waals surface area contributed by atoms with Crippen molar-refractivity contribution in [2.45, 2.75) is 52.8 Å². The molecule has 1 amide bonds. The van der Waals surface area contributed by atoms with Crippen LogP contribution in [0.5, 0.6) is 0 Å². The Kier molecular flexibility index (Phi) is 5.54. The highest BCUT2D eigenvalue weighted by Crippen LogP contribution is 2.42. The minimum atomic E-state index is -1.61. The van der Waals surface area contributed by atoms with Crippen LogP contribution in [0.2, 0.25) is 0 Å². The lowest BCUT2D eigenvalue weighted by atomic mass is 9.88. The summed E-state index contributed by atoms with van der Waals surface area (Å²) in [7, 11) is 0. The van der Waals surface area contributed by atoms with Crippen LogP contribution < -0.4 is 10.2 Å². The summed E-state index contributed by atoms with van der Waals surface area (Å²) in [6.07, 6.45) is 1.08. The van der Waals surface area contributed by atoms with E-state index in [9.17, 15) is 9.18 Å². The number of nitrogens with one attached hydrogen (secondary N) is 1. The van der Waals surface area contributed by atoms with Crippen LogP contribution in [0.15, 0.2) is 30.3 Å². The number of aryl methyl sites for hydroxylation is 1. The molecule has 2 aliphatic heterocycles. The van der Waals surface area contributed by atoms with Crippen molar-refractivity contribution < 1.29 is 18.3 Å². The zero-order valence-electron chi connectivity index (χ0n) is 18.6. The Morgan fingerprint density at radius 2 is 1.94 bits per heavy atom.